The van der Waals surface area contributed by atoms with Gasteiger partial charge >= 0.3 is 5.97 Å². The summed E-state index contributed by atoms with van der Waals surface area (Å²) in [6.45, 7) is 7.68. The second kappa shape index (κ2) is 11.4. The number of carbonyl (C=O) groups excluding carboxylic acids is 3. The van der Waals surface area contributed by atoms with Gasteiger partial charge < -0.3 is 26.4 Å². The molecule has 4 unspecified atom stereocenters. The zero-order chi connectivity index (χ0) is 22.3. The number of hydrogen-bond acceptors (Lipinski definition) is 6. The predicted octanol–water partition coefficient (Wildman–Crippen LogP) is -0.00920. The molecule has 166 valence electrons. The van der Waals surface area contributed by atoms with Gasteiger partial charge in [0, 0.05) is 12.3 Å². The minimum Gasteiger partial charge on any atom is -0.480 e. The molecular weight excluding hydrogens is 396 g/mol. The van der Waals surface area contributed by atoms with E-state index in [0.29, 0.717) is 19.4 Å². The molecule has 4 atom stereocenters. The molecule has 0 aromatic carbocycles. The number of likely N-dealkylation sites (tertiary alicyclic amines) is 1. The minimum absolute atomic E-state index is 0.0811. The highest BCUT2D eigenvalue weighted by atomic mass is 32.1. The normalized spacial score (nSPS) is 19.7. The summed E-state index contributed by atoms with van der Waals surface area (Å²) in [6, 6.07) is -3.43. The smallest absolute Gasteiger partial charge is 0.326 e. The molecule has 1 aliphatic heterocycles. The summed E-state index contributed by atoms with van der Waals surface area (Å²) in [5, 5.41) is 14.6. The van der Waals surface area contributed by atoms with E-state index in [0.717, 1.165) is 0 Å². The number of hydrogen-bond donors (Lipinski definition) is 5. The van der Waals surface area contributed by atoms with Crippen LogP contribution >= 0.6 is 12.6 Å². The van der Waals surface area contributed by atoms with Crippen molar-refractivity contribution in [3.05, 3.63) is 0 Å². The third-order valence-electron chi connectivity index (χ3n) is 4.92. The zero-order valence-electron chi connectivity index (χ0n) is 17.6. The first kappa shape index (κ1) is 25.2. The Kier molecular flexibility index (Phi) is 9.91. The molecule has 9 nitrogen and oxygen atoms in total. The SMILES string of the molecule is CC(C)CC(NC(=O)C(NC(=O)C1CCCN1C(=O)C(N)CS)C(C)C)C(=O)O. The largest absolute Gasteiger partial charge is 0.480 e. The fraction of sp³-hybridized carbons (Fsp3) is 0.789. The molecule has 1 saturated heterocycles. The molecule has 5 N–H and O–H groups in total. The topological polar surface area (TPSA) is 142 Å². The first-order chi connectivity index (χ1) is 13.5. The molecule has 0 spiro atoms. The summed E-state index contributed by atoms with van der Waals surface area (Å²) in [4.78, 5) is 50.8. The quantitative estimate of drug-likeness (QED) is 0.309. The van der Waals surface area contributed by atoms with Crippen LogP contribution in [-0.2, 0) is 19.2 Å². The second-order valence-electron chi connectivity index (χ2n) is 8.24. The highest BCUT2D eigenvalue weighted by Crippen LogP contribution is 2.19. The predicted molar refractivity (Wildman–Crippen MR) is 112 cm³/mol. The fourth-order valence-corrected chi connectivity index (χ4v) is 3.49. The van der Waals surface area contributed by atoms with Gasteiger partial charge in [0.25, 0.3) is 0 Å². The van der Waals surface area contributed by atoms with Crippen LogP contribution in [0.5, 0.6) is 0 Å². The summed E-state index contributed by atoms with van der Waals surface area (Å²) in [7, 11) is 0. The summed E-state index contributed by atoms with van der Waals surface area (Å²) < 4.78 is 0. The Bertz CT molecular complexity index is 613. The Labute approximate surface area is 177 Å². The van der Waals surface area contributed by atoms with Crippen molar-refractivity contribution >= 4 is 36.3 Å². The second-order valence-corrected chi connectivity index (χ2v) is 8.60. The Hall–Kier alpha value is -1.81. The van der Waals surface area contributed by atoms with Gasteiger partial charge in [0.2, 0.25) is 17.7 Å². The number of carbonyl (C=O) groups is 4. The molecule has 29 heavy (non-hydrogen) atoms. The molecule has 0 aromatic heterocycles. The highest BCUT2D eigenvalue weighted by molar-refractivity contribution is 7.80. The van der Waals surface area contributed by atoms with Crippen molar-refractivity contribution in [2.24, 2.45) is 17.6 Å². The average Bonchev–Trinajstić information content (AvgIpc) is 3.12. The van der Waals surface area contributed by atoms with E-state index in [4.69, 9.17) is 5.73 Å². The molecule has 0 aliphatic carbocycles. The number of thiol groups is 1. The van der Waals surface area contributed by atoms with Crippen LogP contribution in [0.1, 0.15) is 47.0 Å². The lowest BCUT2D eigenvalue weighted by Crippen LogP contribution is -2.58. The molecule has 3 amide bonds. The fourth-order valence-electron chi connectivity index (χ4n) is 3.33. The van der Waals surface area contributed by atoms with Crippen LogP contribution in [0, 0.1) is 11.8 Å². The number of carboxylic acid groups (broad SMARTS) is 1. The van der Waals surface area contributed by atoms with Gasteiger partial charge in [0.1, 0.15) is 18.1 Å². The Morgan fingerprint density at radius 3 is 2.28 bits per heavy atom. The summed E-state index contributed by atoms with van der Waals surface area (Å²) in [5.41, 5.74) is 5.76. The number of carboxylic acids is 1. The van der Waals surface area contributed by atoms with Gasteiger partial charge in [-0.3, -0.25) is 14.4 Å². The third-order valence-corrected chi connectivity index (χ3v) is 5.31. The number of rotatable bonds is 10. The number of amides is 3. The summed E-state index contributed by atoms with van der Waals surface area (Å²) in [6.07, 6.45) is 1.43. The van der Waals surface area contributed by atoms with Crippen LogP contribution in [0.15, 0.2) is 0 Å². The summed E-state index contributed by atoms with van der Waals surface area (Å²) in [5.74, 6) is -2.46. The molecule has 1 rings (SSSR count). The van der Waals surface area contributed by atoms with Crippen molar-refractivity contribution < 1.29 is 24.3 Å². The first-order valence-electron chi connectivity index (χ1n) is 10.00. The minimum atomic E-state index is -1.12. The number of nitrogens with zero attached hydrogens (tertiary/aromatic N) is 1. The maximum atomic E-state index is 12.8. The van der Waals surface area contributed by atoms with Crippen LogP contribution in [-0.4, -0.2) is 70.2 Å². The molecule has 10 heteroatoms. The Balaban J connectivity index is 2.86. The molecule has 0 bridgehead atoms. The maximum Gasteiger partial charge on any atom is 0.326 e. The third kappa shape index (κ3) is 7.18. The lowest BCUT2D eigenvalue weighted by atomic mass is 10.00. The Morgan fingerprint density at radius 2 is 1.79 bits per heavy atom. The van der Waals surface area contributed by atoms with Crippen molar-refractivity contribution in [2.45, 2.75) is 71.1 Å². The first-order valence-corrected chi connectivity index (χ1v) is 10.6. The van der Waals surface area contributed by atoms with E-state index in [2.05, 4.69) is 23.3 Å². The molecule has 0 aromatic rings. The van der Waals surface area contributed by atoms with Gasteiger partial charge in [-0.15, -0.1) is 0 Å². The van der Waals surface area contributed by atoms with E-state index in [1.807, 2.05) is 13.8 Å². The lowest BCUT2D eigenvalue weighted by molar-refractivity contribution is -0.143. The molecule has 1 aliphatic rings. The van der Waals surface area contributed by atoms with Crippen LogP contribution in [0.4, 0.5) is 0 Å². The standard InChI is InChI=1S/C19H34N4O5S/c1-10(2)8-13(19(27)28)21-17(25)15(11(3)4)22-16(24)14-6-5-7-23(14)18(26)12(20)9-29/h10-15,29H,5-9,20H2,1-4H3,(H,21,25)(H,22,24)(H,27,28). The van der Waals surface area contributed by atoms with E-state index in [1.165, 1.54) is 4.90 Å². The van der Waals surface area contributed by atoms with Crippen LogP contribution < -0.4 is 16.4 Å². The molecule has 1 heterocycles. The molecule has 0 saturated carbocycles. The van der Waals surface area contributed by atoms with Gasteiger partial charge in [-0.05, 0) is 31.1 Å². The van der Waals surface area contributed by atoms with E-state index in [9.17, 15) is 24.3 Å². The van der Waals surface area contributed by atoms with Crippen molar-refractivity contribution in [1.29, 1.82) is 0 Å². The van der Waals surface area contributed by atoms with Crippen molar-refractivity contribution in [3.8, 4) is 0 Å². The van der Waals surface area contributed by atoms with E-state index < -0.39 is 42.0 Å². The van der Waals surface area contributed by atoms with E-state index in [-0.39, 0.29) is 29.9 Å². The van der Waals surface area contributed by atoms with Crippen LogP contribution in [0.3, 0.4) is 0 Å². The average molecular weight is 431 g/mol. The van der Waals surface area contributed by atoms with Crippen LogP contribution in [0.25, 0.3) is 0 Å². The highest BCUT2D eigenvalue weighted by Gasteiger charge is 2.38. The monoisotopic (exact) mass is 430 g/mol. The van der Waals surface area contributed by atoms with Gasteiger partial charge in [-0.2, -0.15) is 12.6 Å². The number of nitrogens with two attached hydrogens (primary N) is 1. The van der Waals surface area contributed by atoms with Crippen molar-refractivity contribution in [2.75, 3.05) is 12.3 Å². The zero-order valence-corrected chi connectivity index (χ0v) is 18.4. The lowest BCUT2D eigenvalue weighted by Gasteiger charge is -2.29. The van der Waals surface area contributed by atoms with Crippen LogP contribution in [0.2, 0.25) is 0 Å². The molecular formula is C19H34N4O5S. The summed E-state index contributed by atoms with van der Waals surface area (Å²) >= 11 is 4.04. The Morgan fingerprint density at radius 1 is 1.17 bits per heavy atom. The molecule has 1 fully saturated rings. The van der Waals surface area contributed by atoms with Crippen molar-refractivity contribution in [1.82, 2.24) is 15.5 Å². The van der Waals surface area contributed by atoms with Gasteiger partial charge in [-0.25, -0.2) is 4.79 Å². The van der Waals surface area contributed by atoms with Gasteiger partial charge in [0.15, 0.2) is 0 Å². The number of nitrogens with one attached hydrogen (secondary N) is 2. The van der Waals surface area contributed by atoms with Crippen molar-refractivity contribution in [3.63, 3.8) is 0 Å². The van der Waals surface area contributed by atoms with Gasteiger partial charge in [0.05, 0.1) is 6.04 Å². The number of aliphatic carboxylic acids is 1. The molecule has 0 radical (unpaired) electrons. The van der Waals surface area contributed by atoms with E-state index >= 15 is 0 Å². The van der Waals surface area contributed by atoms with E-state index in [1.54, 1.807) is 13.8 Å². The van der Waals surface area contributed by atoms with Gasteiger partial charge in [-0.1, -0.05) is 27.7 Å². The maximum absolute atomic E-state index is 12.8.